The standard InChI is InChI=1S/C19H22N4O2S/c1-19(7-8-19)9-16(24)22-10-13-6-5-12(22)11-23(13)18(25)14-3-2-4-15-17(14)21-26-20-15/h2-4,12-13H,5-11H2,1H3. The minimum absolute atomic E-state index is 0.0271. The van der Waals surface area contributed by atoms with Crippen molar-refractivity contribution in [2.45, 2.75) is 51.1 Å². The van der Waals surface area contributed by atoms with E-state index >= 15 is 0 Å². The molecule has 3 saturated heterocycles. The van der Waals surface area contributed by atoms with Crippen molar-refractivity contribution in [1.29, 1.82) is 0 Å². The summed E-state index contributed by atoms with van der Waals surface area (Å²) in [6.45, 7) is 3.52. The normalized spacial score (nSPS) is 26.3. The van der Waals surface area contributed by atoms with Crippen LogP contribution in [0.5, 0.6) is 0 Å². The van der Waals surface area contributed by atoms with Gasteiger partial charge in [-0.1, -0.05) is 13.0 Å². The summed E-state index contributed by atoms with van der Waals surface area (Å²) < 4.78 is 8.54. The Morgan fingerprint density at radius 3 is 2.58 bits per heavy atom. The molecular weight excluding hydrogens is 348 g/mol. The lowest BCUT2D eigenvalue weighted by atomic mass is 9.89. The smallest absolute Gasteiger partial charge is 0.256 e. The van der Waals surface area contributed by atoms with Gasteiger partial charge in [-0.25, -0.2) is 0 Å². The third kappa shape index (κ3) is 2.60. The molecule has 3 aliphatic heterocycles. The van der Waals surface area contributed by atoms with Gasteiger partial charge in [-0.3, -0.25) is 9.59 Å². The zero-order chi connectivity index (χ0) is 17.9. The van der Waals surface area contributed by atoms with Crippen LogP contribution >= 0.6 is 11.7 Å². The summed E-state index contributed by atoms with van der Waals surface area (Å²) in [6, 6.07) is 5.87. The number of amides is 2. The van der Waals surface area contributed by atoms with E-state index in [1.54, 1.807) is 0 Å². The average molecular weight is 370 g/mol. The Bertz CT molecular complexity index is 891. The number of hydrogen-bond acceptors (Lipinski definition) is 5. The summed E-state index contributed by atoms with van der Waals surface area (Å²) in [4.78, 5) is 29.9. The average Bonchev–Trinajstić information content (AvgIpc) is 3.19. The Morgan fingerprint density at radius 2 is 1.88 bits per heavy atom. The molecule has 1 aromatic carbocycles. The van der Waals surface area contributed by atoms with Crippen molar-refractivity contribution in [3.63, 3.8) is 0 Å². The first-order valence-electron chi connectivity index (χ1n) is 9.36. The fourth-order valence-electron chi connectivity index (χ4n) is 4.37. The molecule has 7 heteroatoms. The van der Waals surface area contributed by atoms with Crippen molar-refractivity contribution in [3.8, 4) is 0 Å². The molecule has 2 atom stereocenters. The number of piperidine rings is 2. The van der Waals surface area contributed by atoms with Crippen LogP contribution in [0.4, 0.5) is 0 Å². The Hall–Kier alpha value is -2.02. The minimum atomic E-state index is 0.0271. The number of carbonyl (C=O) groups is 2. The van der Waals surface area contributed by atoms with Crippen molar-refractivity contribution < 1.29 is 9.59 Å². The molecule has 2 aromatic rings. The zero-order valence-corrected chi connectivity index (χ0v) is 15.7. The molecule has 1 aliphatic carbocycles. The summed E-state index contributed by atoms with van der Waals surface area (Å²) in [5, 5.41) is 0. The van der Waals surface area contributed by atoms with Gasteiger partial charge in [-0.05, 0) is 43.2 Å². The molecule has 0 spiro atoms. The van der Waals surface area contributed by atoms with Crippen LogP contribution in [0.25, 0.3) is 11.0 Å². The van der Waals surface area contributed by atoms with Crippen molar-refractivity contribution in [3.05, 3.63) is 23.8 Å². The van der Waals surface area contributed by atoms with Crippen LogP contribution in [0.3, 0.4) is 0 Å². The van der Waals surface area contributed by atoms with Crippen LogP contribution in [-0.4, -0.2) is 55.5 Å². The van der Waals surface area contributed by atoms with Gasteiger partial charge in [0.25, 0.3) is 5.91 Å². The molecule has 2 amide bonds. The molecule has 1 saturated carbocycles. The first-order valence-corrected chi connectivity index (χ1v) is 10.1. The number of piperazine rings is 1. The van der Waals surface area contributed by atoms with Crippen molar-refractivity contribution in [2.24, 2.45) is 5.41 Å². The summed E-state index contributed by atoms with van der Waals surface area (Å²) in [5.74, 6) is 0.303. The van der Waals surface area contributed by atoms with Gasteiger partial charge in [0.2, 0.25) is 5.91 Å². The van der Waals surface area contributed by atoms with E-state index in [9.17, 15) is 9.59 Å². The van der Waals surface area contributed by atoms with Crippen LogP contribution < -0.4 is 0 Å². The lowest BCUT2D eigenvalue weighted by Gasteiger charge is -2.51. The SMILES string of the molecule is CC1(CC(=O)N2CC3CCC2CN3C(=O)c2cccc3nsnc23)CC1. The zero-order valence-electron chi connectivity index (χ0n) is 14.9. The maximum Gasteiger partial charge on any atom is 0.256 e. The molecule has 0 radical (unpaired) electrons. The van der Waals surface area contributed by atoms with Gasteiger partial charge >= 0.3 is 0 Å². The lowest BCUT2D eigenvalue weighted by molar-refractivity contribution is -0.141. The molecule has 136 valence electrons. The molecular formula is C19H22N4O2S. The summed E-state index contributed by atoms with van der Waals surface area (Å²) in [7, 11) is 0. The first kappa shape index (κ1) is 16.2. The molecule has 4 fully saturated rings. The predicted octanol–water partition coefficient (Wildman–Crippen LogP) is 2.70. The van der Waals surface area contributed by atoms with Gasteiger partial charge < -0.3 is 9.80 Å². The van der Waals surface area contributed by atoms with Crippen molar-refractivity contribution >= 4 is 34.6 Å². The van der Waals surface area contributed by atoms with E-state index in [2.05, 4.69) is 15.7 Å². The van der Waals surface area contributed by atoms with Gasteiger partial charge in [0.1, 0.15) is 11.0 Å². The van der Waals surface area contributed by atoms with Gasteiger partial charge in [0, 0.05) is 31.6 Å². The number of rotatable bonds is 3. The van der Waals surface area contributed by atoms with E-state index < -0.39 is 0 Å². The summed E-state index contributed by atoms with van der Waals surface area (Å²) in [6.07, 6.45) is 4.96. The van der Waals surface area contributed by atoms with E-state index in [4.69, 9.17) is 0 Å². The number of hydrogen-bond donors (Lipinski definition) is 0. The number of fused-ring (bicyclic) bond motifs is 4. The third-order valence-corrected chi connectivity index (χ3v) is 6.85. The lowest BCUT2D eigenvalue weighted by Crippen LogP contribution is -2.65. The Kier molecular flexibility index (Phi) is 3.57. The predicted molar refractivity (Wildman–Crippen MR) is 98.9 cm³/mol. The second kappa shape index (κ2) is 5.74. The van der Waals surface area contributed by atoms with Gasteiger partial charge in [-0.2, -0.15) is 8.75 Å². The minimum Gasteiger partial charge on any atom is -0.336 e. The number of benzene rings is 1. The van der Waals surface area contributed by atoms with E-state index in [1.807, 2.05) is 28.0 Å². The molecule has 26 heavy (non-hydrogen) atoms. The van der Waals surface area contributed by atoms with Crippen LogP contribution in [0.2, 0.25) is 0 Å². The second-order valence-corrected chi connectivity index (χ2v) is 8.84. The number of nitrogens with zero attached hydrogens (tertiary/aromatic N) is 4. The molecule has 6 rings (SSSR count). The fourth-order valence-corrected chi connectivity index (χ4v) is 4.92. The quantitative estimate of drug-likeness (QED) is 0.833. The van der Waals surface area contributed by atoms with Crippen LogP contribution in [0.1, 0.15) is 49.4 Å². The van der Waals surface area contributed by atoms with Gasteiger partial charge in [0.05, 0.1) is 17.3 Å². The van der Waals surface area contributed by atoms with Crippen molar-refractivity contribution in [1.82, 2.24) is 18.5 Å². The van der Waals surface area contributed by atoms with E-state index in [0.29, 0.717) is 30.6 Å². The molecule has 0 N–H and O–H groups in total. The maximum absolute atomic E-state index is 13.2. The topological polar surface area (TPSA) is 66.4 Å². The van der Waals surface area contributed by atoms with E-state index in [-0.39, 0.29) is 29.3 Å². The Morgan fingerprint density at radius 1 is 1.15 bits per heavy atom. The van der Waals surface area contributed by atoms with Crippen molar-refractivity contribution in [2.75, 3.05) is 13.1 Å². The highest BCUT2D eigenvalue weighted by molar-refractivity contribution is 7.00. The fraction of sp³-hybridized carbons (Fsp3) is 0.579. The monoisotopic (exact) mass is 370 g/mol. The highest BCUT2D eigenvalue weighted by Crippen LogP contribution is 2.48. The Balaban J connectivity index is 1.35. The summed E-state index contributed by atoms with van der Waals surface area (Å²) >= 11 is 1.14. The van der Waals surface area contributed by atoms with Gasteiger partial charge in [-0.15, -0.1) is 0 Å². The molecule has 6 nitrogen and oxygen atoms in total. The third-order valence-electron chi connectivity index (χ3n) is 6.31. The molecule has 2 bridgehead atoms. The number of aromatic nitrogens is 2. The van der Waals surface area contributed by atoms with Crippen LogP contribution in [-0.2, 0) is 4.79 Å². The molecule has 4 heterocycles. The summed E-state index contributed by atoms with van der Waals surface area (Å²) in [5.41, 5.74) is 2.33. The second-order valence-electron chi connectivity index (χ2n) is 8.31. The first-order chi connectivity index (χ1) is 12.5. The van der Waals surface area contributed by atoms with E-state index in [0.717, 1.165) is 42.9 Å². The molecule has 1 aromatic heterocycles. The van der Waals surface area contributed by atoms with Crippen LogP contribution in [0, 0.1) is 5.41 Å². The highest BCUT2D eigenvalue weighted by atomic mass is 32.1. The van der Waals surface area contributed by atoms with Gasteiger partial charge in [0.15, 0.2) is 0 Å². The number of carbonyl (C=O) groups excluding carboxylic acids is 2. The van der Waals surface area contributed by atoms with E-state index in [1.165, 1.54) is 0 Å². The highest BCUT2D eigenvalue weighted by Gasteiger charge is 2.46. The van der Waals surface area contributed by atoms with Crippen LogP contribution in [0.15, 0.2) is 18.2 Å². The molecule has 4 aliphatic rings. The Labute approximate surface area is 156 Å². The molecule has 2 unspecified atom stereocenters. The maximum atomic E-state index is 13.2. The largest absolute Gasteiger partial charge is 0.336 e.